The number of aryl methyl sites for hydroxylation is 2. The van der Waals surface area contributed by atoms with Gasteiger partial charge in [0.2, 0.25) is 0 Å². The van der Waals surface area contributed by atoms with Crippen LogP contribution in [-0.4, -0.2) is 12.1 Å². The molecule has 0 heterocycles. The van der Waals surface area contributed by atoms with Gasteiger partial charge in [0.05, 0.1) is 6.10 Å². The molecule has 118 valence electrons. The van der Waals surface area contributed by atoms with Gasteiger partial charge in [0.1, 0.15) is 5.75 Å². The van der Waals surface area contributed by atoms with Crippen molar-refractivity contribution in [2.24, 2.45) is 17.6 Å². The van der Waals surface area contributed by atoms with Crippen molar-refractivity contribution in [1.29, 1.82) is 0 Å². The summed E-state index contributed by atoms with van der Waals surface area (Å²) in [6.07, 6.45) is 4.97. The van der Waals surface area contributed by atoms with E-state index in [9.17, 15) is 0 Å². The van der Waals surface area contributed by atoms with Crippen LogP contribution in [0.2, 0.25) is 0 Å². The maximum Gasteiger partial charge on any atom is 0.125 e. The molecule has 0 saturated heterocycles. The maximum absolute atomic E-state index is 6.36. The van der Waals surface area contributed by atoms with Crippen LogP contribution in [0.3, 0.4) is 0 Å². The molecule has 2 rings (SSSR count). The van der Waals surface area contributed by atoms with Crippen LogP contribution in [0, 0.1) is 25.7 Å². The smallest absolute Gasteiger partial charge is 0.125 e. The summed E-state index contributed by atoms with van der Waals surface area (Å²) in [7, 11) is 0. The van der Waals surface area contributed by atoms with Crippen LogP contribution in [0.4, 0.5) is 0 Å². The molecular weight excluding hydrogens is 258 g/mol. The molecule has 1 aromatic rings. The fourth-order valence-corrected chi connectivity index (χ4v) is 3.49. The van der Waals surface area contributed by atoms with E-state index in [-0.39, 0.29) is 6.04 Å². The second kappa shape index (κ2) is 6.83. The largest absolute Gasteiger partial charge is 0.490 e. The lowest BCUT2D eigenvalue weighted by molar-refractivity contribution is 0.0993. The van der Waals surface area contributed by atoms with Gasteiger partial charge in [0, 0.05) is 6.04 Å². The maximum atomic E-state index is 6.36. The standard InChI is InChI=1S/C19H31NO/c1-12-6-7-18(10-13(12)2)21-19-14(3)8-17(9-15(19)4)11-16(5)20/h8-9,12-13,16,18H,6-7,10-11,20H2,1-5H3. The highest BCUT2D eigenvalue weighted by Crippen LogP contribution is 2.34. The Bertz CT molecular complexity index is 457. The van der Waals surface area contributed by atoms with Gasteiger partial charge >= 0.3 is 0 Å². The van der Waals surface area contributed by atoms with Crippen LogP contribution in [0.5, 0.6) is 5.75 Å². The first-order chi connectivity index (χ1) is 9.86. The molecule has 1 aromatic carbocycles. The quantitative estimate of drug-likeness (QED) is 0.892. The SMILES string of the molecule is Cc1cc(CC(C)N)cc(C)c1OC1CCC(C)C(C)C1. The van der Waals surface area contributed by atoms with E-state index in [0.717, 1.165) is 24.0 Å². The second-order valence-electron chi connectivity index (χ2n) is 7.25. The van der Waals surface area contributed by atoms with E-state index in [2.05, 4.69) is 46.8 Å². The lowest BCUT2D eigenvalue weighted by Gasteiger charge is -2.33. The molecule has 0 radical (unpaired) electrons. The van der Waals surface area contributed by atoms with Gasteiger partial charge in [-0.2, -0.15) is 0 Å². The normalized spacial score (nSPS) is 27.4. The molecule has 0 aromatic heterocycles. The van der Waals surface area contributed by atoms with Gasteiger partial charge in [-0.05, 0) is 75.0 Å². The summed E-state index contributed by atoms with van der Waals surface area (Å²) in [6.45, 7) is 11.1. The highest BCUT2D eigenvalue weighted by atomic mass is 16.5. The van der Waals surface area contributed by atoms with Gasteiger partial charge < -0.3 is 10.5 Å². The first kappa shape index (κ1) is 16.4. The van der Waals surface area contributed by atoms with E-state index >= 15 is 0 Å². The summed E-state index contributed by atoms with van der Waals surface area (Å²) in [5.41, 5.74) is 9.72. The second-order valence-corrected chi connectivity index (χ2v) is 7.25. The molecule has 0 spiro atoms. The van der Waals surface area contributed by atoms with Crippen molar-refractivity contribution in [2.75, 3.05) is 0 Å². The van der Waals surface area contributed by atoms with Crippen molar-refractivity contribution in [3.05, 3.63) is 28.8 Å². The number of ether oxygens (including phenoxy) is 1. The van der Waals surface area contributed by atoms with Crippen molar-refractivity contribution in [3.63, 3.8) is 0 Å². The monoisotopic (exact) mass is 289 g/mol. The van der Waals surface area contributed by atoms with Gasteiger partial charge in [-0.15, -0.1) is 0 Å². The summed E-state index contributed by atoms with van der Waals surface area (Å²) in [5, 5.41) is 0. The van der Waals surface area contributed by atoms with E-state index in [4.69, 9.17) is 10.5 Å². The van der Waals surface area contributed by atoms with E-state index in [1.54, 1.807) is 0 Å². The van der Waals surface area contributed by atoms with Crippen LogP contribution in [-0.2, 0) is 6.42 Å². The van der Waals surface area contributed by atoms with Gasteiger partial charge in [-0.25, -0.2) is 0 Å². The first-order valence-corrected chi connectivity index (χ1v) is 8.39. The van der Waals surface area contributed by atoms with Gasteiger partial charge in [0.25, 0.3) is 0 Å². The molecule has 4 atom stereocenters. The Kier molecular flexibility index (Phi) is 5.32. The van der Waals surface area contributed by atoms with Crippen LogP contribution >= 0.6 is 0 Å². The Labute approximate surface area is 130 Å². The van der Waals surface area contributed by atoms with Crippen LogP contribution in [0.1, 0.15) is 56.7 Å². The number of rotatable bonds is 4. The Morgan fingerprint density at radius 1 is 1.14 bits per heavy atom. The topological polar surface area (TPSA) is 35.2 Å². The first-order valence-electron chi connectivity index (χ1n) is 8.39. The van der Waals surface area contributed by atoms with Crippen molar-refractivity contribution in [3.8, 4) is 5.75 Å². The fraction of sp³-hybridized carbons (Fsp3) is 0.684. The third-order valence-corrected chi connectivity index (χ3v) is 4.91. The molecule has 1 saturated carbocycles. The minimum Gasteiger partial charge on any atom is -0.490 e. The third-order valence-electron chi connectivity index (χ3n) is 4.91. The summed E-state index contributed by atoms with van der Waals surface area (Å²) < 4.78 is 6.36. The zero-order valence-electron chi connectivity index (χ0n) is 14.3. The Morgan fingerprint density at radius 2 is 1.76 bits per heavy atom. The molecule has 1 fully saturated rings. The molecule has 21 heavy (non-hydrogen) atoms. The fourth-order valence-electron chi connectivity index (χ4n) is 3.49. The van der Waals surface area contributed by atoms with Crippen LogP contribution in [0.15, 0.2) is 12.1 Å². The van der Waals surface area contributed by atoms with E-state index in [1.165, 1.54) is 36.0 Å². The molecule has 2 N–H and O–H groups in total. The zero-order chi connectivity index (χ0) is 15.6. The van der Waals surface area contributed by atoms with Crippen molar-refractivity contribution >= 4 is 0 Å². The Morgan fingerprint density at radius 3 is 2.29 bits per heavy atom. The summed E-state index contributed by atoms with van der Waals surface area (Å²) in [6, 6.07) is 4.68. The summed E-state index contributed by atoms with van der Waals surface area (Å²) >= 11 is 0. The number of hydrogen-bond donors (Lipinski definition) is 1. The van der Waals surface area contributed by atoms with Crippen LogP contribution in [0.25, 0.3) is 0 Å². The lowest BCUT2D eigenvalue weighted by atomic mass is 9.80. The zero-order valence-corrected chi connectivity index (χ0v) is 14.3. The van der Waals surface area contributed by atoms with Gasteiger partial charge in [-0.1, -0.05) is 26.0 Å². The Hall–Kier alpha value is -1.02. The number of nitrogens with two attached hydrogens (primary N) is 1. The van der Waals surface area contributed by atoms with Gasteiger partial charge in [0.15, 0.2) is 0 Å². The average Bonchev–Trinajstić information content (AvgIpc) is 2.37. The molecule has 0 amide bonds. The third kappa shape index (κ3) is 4.23. The van der Waals surface area contributed by atoms with E-state index in [0.29, 0.717) is 6.10 Å². The molecular formula is C19H31NO. The molecule has 4 unspecified atom stereocenters. The number of benzene rings is 1. The summed E-state index contributed by atoms with van der Waals surface area (Å²) in [5.74, 6) is 2.69. The van der Waals surface area contributed by atoms with Crippen molar-refractivity contribution in [1.82, 2.24) is 0 Å². The Balaban J connectivity index is 2.10. The highest BCUT2D eigenvalue weighted by Gasteiger charge is 2.26. The van der Waals surface area contributed by atoms with Crippen molar-refractivity contribution in [2.45, 2.75) is 72.4 Å². The lowest BCUT2D eigenvalue weighted by Crippen LogP contribution is -2.29. The minimum atomic E-state index is 0.205. The van der Waals surface area contributed by atoms with Gasteiger partial charge in [-0.3, -0.25) is 0 Å². The van der Waals surface area contributed by atoms with E-state index < -0.39 is 0 Å². The predicted octanol–water partition coefficient (Wildman–Crippen LogP) is 4.40. The van der Waals surface area contributed by atoms with Crippen LogP contribution < -0.4 is 10.5 Å². The minimum absolute atomic E-state index is 0.205. The highest BCUT2D eigenvalue weighted by molar-refractivity contribution is 5.43. The number of hydrogen-bond acceptors (Lipinski definition) is 2. The molecule has 2 heteroatoms. The molecule has 0 bridgehead atoms. The molecule has 0 aliphatic heterocycles. The van der Waals surface area contributed by atoms with E-state index in [1.807, 2.05) is 0 Å². The van der Waals surface area contributed by atoms with Crippen molar-refractivity contribution < 1.29 is 4.74 Å². The summed E-state index contributed by atoms with van der Waals surface area (Å²) in [4.78, 5) is 0. The molecule has 1 aliphatic carbocycles. The average molecular weight is 289 g/mol. The predicted molar refractivity (Wildman–Crippen MR) is 89.9 cm³/mol. The molecule has 2 nitrogen and oxygen atoms in total. The molecule has 1 aliphatic rings.